The van der Waals surface area contributed by atoms with E-state index in [1.165, 1.54) is 16.0 Å². The molecule has 5 nitrogen and oxygen atoms in total. The molecular weight excluding hydrogens is 364 g/mol. The fraction of sp³-hybridized carbons (Fsp3) is 0.458. The molecule has 3 rings (SSSR count). The van der Waals surface area contributed by atoms with Gasteiger partial charge in [-0.1, -0.05) is 37.3 Å². The minimum Gasteiger partial charge on any atom is -0.487 e. The second-order valence-corrected chi connectivity index (χ2v) is 8.44. The van der Waals surface area contributed by atoms with Crippen LogP contribution in [0, 0.1) is 0 Å². The van der Waals surface area contributed by atoms with Gasteiger partial charge in [-0.15, -0.1) is 0 Å². The number of amides is 1. The van der Waals surface area contributed by atoms with Crippen molar-refractivity contribution in [1.82, 2.24) is 10.2 Å². The first kappa shape index (κ1) is 21.2. The summed E-state index contributed by atoms with van der Waals surface area (Å²) in [5.41, 5.74) is 3.46. The summed E-state index contributed by atoms with van der Waals surface area (Å²) in [4.78, 5) is 13.4. The van der Waals surface area contributed by atoms with Crippen LogP contribution in [-0.2, 0) is 17.8 Å². The van der Waals surface area contributed by atoms with Gasteiger partial charge in [0, 0.05) is 38.7 Å². The van der Waals surface area contributed by atoms with Crippen molar-refractivity contribution in [2.24, 2.45) is 0 Å². The lowest BCUT2D eigenvalue weighted by Gasteiger charge is -2.21. The van der Waals surface area contributed by atoms with Crippen molar-refractivity contribution in [2.45, 2.75) is 51.8 Å². The number of rotatable bonds is 8. The van der Waals surface area contributed by atoms with E-state index in [0.717, 1.165) is 36.4 Å². The number of carbonyl (C=O) groups is 1. The fourth-order valence-corrected chi connectivity index (χ4v) is 3.66. The van der Waals surface area contributed by atoms with Crippen molar-refractivity contribution in [3.8, 4) is 11.5 Å². The minimum absolute atomic E-state index is 0.0427. The zero-order valence-electron chi connectivity index (χ0n) is 18.1. The Bertz CT molecular complexity index is 861. The summed E-state index contributed by atoms with van der Waals surface area (Å²) in [6.45, 7) is 7.20. The van der Waals surface area contributed by atoms with Crippen molar-refractivity contribution >= 4 is 5.91 Å². The monoisotopic (exact) mass is 396 g/mol. The number of nitrogens with one attached hydrogen (secondary N) is 1. The molecule has 1 atom stereocenters. The second kappa shape index (κ2) is 8.87. The molecule has 1 unspecified atom stereocenters. The smallest absolute Gasteiger partial charge is 0.259 e. The highest BCUT2D eigenvalue weighted by atomic mass is 16.5. The molecule has 1 N–H and O–H groups in total. The maximum atomic E-state index is 11.9. The van der Waals surface area contributed by atoms with Gasteiger partial charge in [0.1, 0.15) is 17.1 Å². The largest absolute Gasteiger partial charge is 0.487 e. The lowest BCUT2D eigenvalue weighted by atomic mass is 9.99. The van der Waals surface area contributed by atoms with E-state index in [-0.39, 0.29) is 24.2 Å². The van der Waals surface area contributed by atoms with Crippen molar-refractivity contribution in [2.75, 3.05) is 20.7 Å². The van der Waals surface area contributed by atoms with Crippen LogP contribution in [0.15, 0.2) is 42.5 Å². The van der Waals surface area contributed by atoms with Crippen LogP contribution in [0.5, 0.6) is 11.5 Å². The zero-order chi connectivity index (χ0) is 21.0. The van der Waals surface area contributed by atoms with Crippen LogP contribution in [-0.4, -0.2) is 37.1 Å². The van der Waals surface area contributed by atoms with E-state index >= 15 is 0 Å². The van der Waals surface area contributed by atoms with E-state index < -0.39 is 0 Å². The predicted molar refractivity (Wildman–Crippen MR) is 115 cm³/mol. The number of nitrogens with zero attached hydrogens (tertiary/aromatic N) is 1. The molecular formula is C24H32N2O3. The van der Waals surface area contributed by atoms with Gasteiger partial charge >= 0.3 is 0 Å². The Labute approximate surface area is 174 Å². The molecule has 0 bridgehead atoms. The predicted octanol–water partition coefficient (Wildman–Crippen LogP) is 4.11. The maximum absolute atomic E-state index is 11.9. The molecule has 29 heavy (non-hydrogen) atoms. The van der Waals surface area contributed by atoms with Gasteiger partial charge in [-0.25, -0.2) is 0 Å². The van der Waals surface area contributed by atoms with E-state index in [2.05, 4.69) is 50.4 Å². The number of hydrogen-bond donors (Lipinski definition) is 1. The topological polar surface area (TPSA) is 50.8 Å². The fourth-order valence-electron chi connectivity index (χ4n) is 3.66. The normalized spacial score (nSPS) is 15.3. The summed E-state index contributed by atoms with van der Waals surface area (Å²) in [6.07, 6.45) is 1.85. The highest BCUT2D eigenvalue weighted by Gasteiger charge is 2.29. The molecule has 0 saturated carbocycles. The Balaban J connectivity index is 1.68. The number of hydrogen-bond acceptors (Lipinski definition) is 4. The summed E-state index contributed by atoms with van der Waals surface area (Å²) in [6, 6.07) is 14.5. The SMILES string of the molecule is CCC(NCc1ccc2c(c1)CC(C)(C)O2)c1ccccc1OCC(=O)N(C)C. The van der Waals surface area contributed by atoms with Gasteiger partial charge in [0.15, 0.2) is 6.61 Å². The van der Waals surface area contributed by atoms with Gasteiger partial charge in [0.25, 0.3) is 5.91 Å². The lowest BCUT2D eigenvalue weighted by Crippen LogP contribution is -2.28. The third-order valence-corrected chi connectivity index (χ3v) is 5.23. The number of carbonyl (C=O) groups excluding carboxylic acids is 1. The van der Waals surface area contributed by atoms with E-state index in [9.17, 15) is 4.79 Å². The average Bonchev–Trinajstić information content (AvgIpc) is 3.00. The quantitative estimate of drug-likeness (QED) is 0.730. The van der Waals surface area contributed by atoms with Crippen LogP contribution < -0.4 is 14.8 Å². The Hall–Kier alpha value is -2.53. The summed E-state index contributed by atoms with van der Waals surface area (Å²) in [7, 11) is 3.47. The Morgan fingerprint density at radius 2 is 2.00 bits per heavy atom. The number of likely N-dealkylation sites (N-methyl/N-ethyl adjacent to an activating group) is 1. The molecule has 1 aliphatic rings. The van der Waals surface area contributed by atoms with E-state index in [1.807, 2.05) is 18.2 Å². The number of benzene rings is 2. The molecule has 0 radical (unpaired) electrons. The van der Waals surface area contributed by atoms with Crippen molar-refractivity contribution in [1.29, 1.82) is 0 Å². The van der Waals surface area contributed by atoms with Crippen LogP contribution in [0.1, 0.15) is 49.9 Å². The maximum Gasteiger partial charge on any atom is 0.259 e. The number of ether oxygens (including phenoxy) is 2. The third-order valence-electron chi connectivity index (χ3n) is 5.23. The number of fused-ring (bicyclic) bond motifs is 1. The Kier molecular flexibility index (Phi) is 6.48. The molecule has 156 valence electrons. The van der Waals surface area contributed by atoms with Crippen molar-refractivity contribution in [3.05, 3.63) is 59.2 Å². The van der Waals surface area contributed by atoms with Gasteiger partial charge < -0.3 is 19.7 Å². The van der Waals surface area contributed by atoms with Crippen LogP contribution in [0.25, 0.3) is 0 Å². The van der Waals surface area contributed by atoms with Gasteiger partial charge in [0.2, 0.25) is 0 Å². The molecule has 0 fully saturated rings. The van der Waals surface area contributed by atoms with Crippen LogP contribution >= 0.6 is 0 Å². The third kappa shape index (κ3) is 5.30. The van der Waals surface area contributed by atoms with Crippen LogP contribution in [0.2, 0.25) is 0 Å². The molecule has 2 aromatic rings. The summed E-state index contributed by atoms with van der Waals surface area (Å²) >= 11 is 0. The highest BCUT2D eigenvalue weighted by molar-refractivity contribution is 5.77. The Morgan fingerprint density at radius 1 is 1.24 bits per heavy atom. The van der Waals surface area contributed by atoms with Gasteiger partial charge in [0.05, 0.1) is 0 Å². The highest BCUT2D eigenvalue weighted by Crippen LogP contribution is 2.35. The second-order valence-electron chi connectivity index (χ2n) is 8.44. The number of para-hydroxylation sites is 1. The molecule has 0 saturated heterocycles. The molecule has 5 heteroatoms. The van der Waals surface area contributed by atoms with Gasteiger partial charge in [-0.3, -0.25) is 4.79 Å². The molecule has 2 aromatic carbocycles. The minimum atomic E-state index is -0.124. The molecule has 1 heterocycles. The molecule has 0 aromatic heterocycles. The zero-order valence-corrected chi connectivity index (χ0v) is 18.1. The van der Waals surface area contributed by atoms with Crippen molar-refractivity contribution < 1.29 is 14.3 Å². The Morgan fingerprint density at radius 3 is 2.72 bits per heavy atom. The van der Waals surface area contributed by atoms with E-state index in [1.54, 1.807) is 14.1 Å². The lowest BCUT2D eigenvalue weighted by molar-refractivity contribution is -0.130. The first-order valence-electron chi connectivity index (χ1n) is 10.2. The first-order valence-corrected chi connectivity index (χ1v) is 10.2. The molecule has 0 spiro atoms. The van der Waals surface area contributed by atoms with Crippen LogP contribution in [0.3, 0.4) is 0 Å². The molecule has 1 aliphatic heterocycles. The van der Waals surface area contributed by atoms with Gasteiger partial charge in [-0.2, -0.15) is 0 Å². The standard InChI is InChI=1S/C24H32N2O3/c1-6-20(19-9-7-8-10-22(19)28-16-23(27)26(4)5)25-15-17-11-12-21-18(13-17)14-24(2,3)29-21/h7-13,20,25H,6,14-16H2,1-5H3. The van der Waals surface area contributed by atoms with Gasteiger partial charge in [-0.05, 0) is 43.5 Å². The van der Waals surface area contributed by atoms with Crippen LogP contribution in [0.4, 0.5) is 0 Å². The van der Waals surface area contributed by atoms with E-state index in [0.29, 0.717) is 0 Å². The molecule has 0 aliphatic carbocycles. The average molecular weight is 397 g/mol. The summed E-state index contributed by atoms with van der Waals surface area (Å²) in [5.74, 6) is 1.70. The molecule has 1 amide bonds. The van der Waals surface area contributed by atoms with Crippen molar-refractivity contribution in [3.63, 3.8) is 0 Å². The summed E-state index contributed by atoms with van der Waals surface area (Å²) in [5, 5.41) is 3.65. The summed E-state index contributed by atoms with van der Waals surface area (Å²) < 4.78 is 11.8. The van der Waals surface area contributed by atoms with E-state index in [4.69, 9.17) is 9.47 Å². The first-order chi connectivity index (χ1) is 13.8.